The quantitative estimate of drug-likeness (QED) is 0.881. The minimum absolute atomic E-state index is 0.0222. The van der Waals surface area contributed by atoms with Gasteiger partial charge in [-0.3, -0.25) is 0 Å². The molecule has 2 nitrogen and oxygen atoms in total. The molecule has 1 heterocycles. The van der Waals surface area contributed by atoms with E-state index in [0.717, 1.165) is 37.1 Å². The van der Waals surface area contributed by atoms with E-state index in [9.17, 15) is 13.2 Å². The van der Waals surface area contributed by atoms with Crippen molar-refractivity contribution < 1.29 is 17.9 Å². The SMILES string of the molecule is COC1CCCNC1c1ccc(C(F)(F)F)cc1. The van der Waals surface area contributed by atoms with Crippen molar-refractivity contribution in [3.8, 4) is 0 Å². The maximum Gasteiger partial charge on any atom is 0.416 e. The van der Waals surface area contributed by atoms with Crippen LogP contribution in [0.1, 0.15) is 30.0 Å². The zero-order chi connectivity index (χ0) is 13.2. The number of nitrogens with one attached hydrogen (secondary N) is 1. The molecule has 100 valence electrons. The Kier molecular flexibility index (Phi) is 3.92. The first-order valence-electron chi connectivity index (χ1n) is 5.95. The number of ether oxygens (including phenoxy) is 1. The molecule has 1 aromatic rings. The van der Waals surface area contributed by atoms with Crippen LogP contribution in [0.3, 0.4) is 0 Å². The summed E-state index contributed by atoms with van der Waals surface area (Å²) < 4.78 is 42.8. The third kappa shape index (κ3) is 2.84. The Morgan fingerprint density at radius 1 is 1.22 bits per heavy atom. The fourth-order valence-corrected chi connectivity index (χ4v) is 2.32. The van der Waals surface area contributed by atoms with E-state index >= 15 is 0 Å². The molecule has 1 N–H and O–H groups in total. The van der Waals surface area contributed by atoms with Crippen LogP contribution in [-0.2, 0) is 10.9 Å². The van der Waals surface area contributed by atoms with Gasteiger partial charge in [-0.05, 0) is 37.1 Å². The van der Waals surface area contributed by atoms with E-state index in [1.165, 1.54) is 12.1 Å². The molecule has 0 amide bonds. The fourth-order valence-electron chi connectivity index (χ4n) is 2.32. The van der Waals surface area contributed by atoms with Crippen molar-refractivity contribution in [3.05, 3.63) is 35.4 Å². The van der Waals surface area contributed by atoms with Gasteiger partial charge >= 0.3 is 6.18 Å². The van der Waals surface area contributed by atoms with Crippen LogP contribution in [0.4, 0.5) is 13.2 Å². The lowest BCUT2D eigenvalue weighted by molar-refractivity contribution is -0.137. The van der Waals surface area contributed by atoms with Crippen LogP contribution in [-0.4, -0.2) is 19.8 Å². The van der Waals surface area contributed by atoms with Crippen LogP contribution in [0.15, 0.2) is 24.3 Å². The minimum Gasteiger partial charge on any atom is -0.379 e. The topological polar surface area (TPSA) is 21.3 Å². The highest BCUT2D eigenvalue weighted by Gasteiger charge is 2.31. The Hall–Kier alpha value is -1.07. The molecule has 0 bridgehead atoms. The van der Waals surface area contributed by atoms with Crippen LogP contribution in [0.2, 0.25) is 0 Å². The maximum atomic E-state index is 12.5. The van der Waals surface area contributed by atoms with Gasteiger partial charge in [-0.25, -0.2) is 0 Å². The van der Waals surface area contributed by atoms with Crippen molar-refractivity contribution in [1.29, 1.82) is 0 Å². The van der Waals surface area contributed by atoms with Crippen molar-refractivity contribution in [2.24, 2.45) is 0 Å². The van der Waals surface area contributed by atoms with Gasteiger partial charge in [0.1, 0.15) is 0 Å². The van der Waals surface area contributed by atoms with Crippen molar-refractivity contribution in [3.63, 3.8) is 0 Å². The second-order valence-corrected chi connectivity index (χ2v) is 4.47. The van der Waals surface area contributed by atoms with Crippen LogP contribution in [0.25, 0.3) is 0 Å². The molecule has 1 fully saturated rings. The Balaban J connectivity index is 2.18. The maximum absolute atomic E-state index is 12.5. The van der Waals surface area contributed by atoms with E-state index in [1.54, 1.807) is 7.11 Å². The normalized spacial score (nSPS) is 25.1. The minimum atomic E-state index is -4.28. The molecule has 2 rings (SSSR count). The zero-order valence-corrected chi connectivity index (χ0v) is 10.1. The van der Waals surface area contributed by atoms with Gasteiger partial charge in [0.05, 0.1) is 17.7 Å². The van der Waals surface area contributed by atoms with Gasteiger partial charge in [-0.2, -0.15) is 13.2 Å². The molecule has 1 aliphatic rings. The van der Waals surface area contributed by atoms with E-state index in [4.69, 9.17) is 4.74 Å². The van der Waals surface area contributed by atoms with Gasteiger partial charge < -0.3 is 10.1 Å². The Morgan fingerprint density at radius 3 is 2.44 bits per heavy atom. The van der Waals surface area contributed by atoms with Crippen molar-refractivity contribution >= 4 is 0 Å². The molecular formula is C13H16F3NO. The second-order valence-electron chi connectivity index (χ2n) is 4.47. The van der Waals surface area contributed by atoms with E-state index < -0.39 is 11.7 Å². The summed E-state index contributed by atoms with van der Waals surface area (Å²) in [5.74, 6) is 0. The first-order valence-corrected chi connectivity index (χ1v) is 5.95. The molecule has 2 unspecified atom stereocenters. The molecule has 18 heavy (non-hydrogen) atoms. The largest absolute Gasteiger partial charge is 0.416 e. The predicted octanol–water partition coefficient (Wildman–Crippen LogP) is 3.14. The van der Waals surface area contributed by atoms with Gasteiger partial charge in [0.2, 0.25) is 0 Å². The molecule has 0 spiro atoms. The Morgan fingerprint density at radius 2 is 1.89 bits per heavy atom. The lowest BCUT2D eigenvalue weighted by Gasteiger charge is -2.32. The second kappa shape index (κ2) is 5.28. The predicted molar refractivity (Wildman–Crippen MR) is 62.2 cm³/mol. The van der Waals surface area contributed by atoms with Gasteiger partial charge in [0.25, 0.3) is 0 Å². The molecule has 1 aliphatic heterocycles. The number of rotatable bonds is 2. The van der Waals surface area contributed by atoms with E-state index in [0.29, 0.717) is 0 Å². The highest BCUT2D eigenvalue weighted by atomic mass is 19.4. The monoisotopic (exact) mass is 259 g/mol. The van der Waals surface area contributed by atoms with Crippen molar-refractivity contribution in [2.75, 3.05) is 13.7 Å². The summed E-state index contributed by atoms with van der Waals surface area (Å²) in [6.07, 6.45) is -2.31. The molecule has 0 aliphatic carbocycles. The fraction of sp³-hybridized carbons (Fsp3) is 0.538. The van der Waals surface area contributed by atoms with E-state index in [-0.39, 0.29) is 12.1 Å². The first kappa shape index (κ1) is 13.4. The third-order valence-corrected chi connectivity index (χ3v) is 3.30. The van der Waals surface area contributed by atoms with Gasteiger partial charge in [-0.15, -0.1) is 0 Å². The van der Waals surface area contributed by atoms with Crippen LogP contribution < -0.4 is 5.32 Å². The molecule has 0 saturated carbocycles. The lowest BCUT2D eigenvalue weighted by atomic mass is 9.94. The molecule has 2 atom stereocenters. The number of halogens is 3. The van der Waals surface area contributed by atoms with Crippen LogP contribution in [0.5, 0.6) is 0 Å². The Bertz CT molecular complexity index is 388. The highest BCUT2D eigenvalue weighted by Crippen LogP contribution is 2.31. The molecule has 0 radical (unpaired) electrons. The third-order valence-electron chi connectivity index (χ3n) is 3.30. The smallest absolute Gasteiger partial charge is 0.379 e. The lowest BCUT2D eigenvalue weighted by Crippen LogP contribution is -2.38. The molecule has 1 aromatic carbocycles. The van der Waals surface area contributed by atoms with Gasteiger partial charge in [0, 0.05) is 7.11 Å². The van der Waals surface area contributed by atoms with Crippen LogP contribution >= 0.6 is 0 Å². The number of hydrogen-bond acceptors (Lipinski definition) is 2. The van der Waals surface area contributed by atoms with Gasteiger partial charge in [0.15, 0.2) is 0 Å². The summed E-state index contributed by atoms with van der Waals surface area (Å²) >= 11 is 0. The number of piperidine rings is 1. The van der Waals surface area contributed by atoms with Crippen molar-refractivity contribution in [1.82, 2.24) is 5.32 Å². The number of benzene rings is 1. The van der Waals surface area contributed by atoms with E-state index in [2.05, 4.69) is 5.32 Å². The number of hydrogen-bond donors (Lipinski definition) is 1. The molecule has 1 saturated heterocycles. The van der Waals surface area contributed by atoms with Crippen LogP contribution in [0, 0.1) is 0 Å². The van der Waals surface area contributed by atoms with E-state index in [1.807, 2.05) is 0 Å². The summed E-state index contributed by atoms with van der Waals surface area (Å²) in [5, 5.41) is 3.29. The zero-order valence-electron chi connectivity index (χ0n) is 10.1. The summed E-state index contributed by atoms with van der Waals surface area (Å²) in [6.45, 7) is 0.867. The van der Waals surface area contributed by atoms with Crippen molar-refractivity contribution in [2.45, 2.75) is 31.2 Å². The Labute approximate surface area is 104 Å². The molecule has 0 aromatic heterocycles. The average Bonchev–Trinajstić information content (AvgIpc) is 2.38. The number of methoxy groups -OCH3 is 1. The summed E-state index contributed by atoms with van der Waals surface area (Å²) in [4.78, 5) is 0. The standard InChI is InChI=1S/C13H16F3NO/c1-18-11-3-2-8-17-12(11)9-4-6-10(7-5-9)13(14,15)16/h4-7,11-12,17H,2-3,8H2,1H3. The average molecular weight is 259 g/mol. The molecule has 5 heteroatoms. The highest BCUT2D eigenvalue weighted by molar-refractivity contribution is 5.27. The summed E-state index contributed by atoms with van der Waals surface area (Å²) in [6, 6.07) is 5.28. The first-order chi connectivity index (χ1) is 8.52. The summed E-state index contributed by atoms with van der Waals surface area (Å²) in [5.41, 5.74) is 0.227. The molecular weight excluding hydrogens is 243 g/mol. The summed E-state index contributed by atoms with van der Waals surface area (Å²) in [7, 11) is 1.63. The number of alkyl halides is 3. The van der Waals surface area contributed by atoms with Gasteiger partial charge in [-0.1, -0.05) is 12.1 Å².